The van der Waals surface area contributed by atoms with E-state index < -0.39 is 5.82 Å². The molecule has 170 valence electrons. The van der Waals surface area contributed by atoms with E-state index in [0.29, 0.717) is 10.7 Å². The minimum Gasteiger partial charge on any atom is -0.330 e. The Labute approximate surface area is 193 Å². The van der Waals surface area contributed by atoms with Gasteiger partial charge in [0.1, 0.15) is 5.82 Å². The molecule has 2 atom stereocenters. The molecule has 7 heteroatoms. The molecule has 32 heavy (non-hydrogen) atoms. The summed E-state index contributed by atoms with van der Waals surface area (Å²) >= 11 is 6.49. The maximum atomic E-state index is 13.8. The first-order valence-electron chi connectivity index (χ1n) is 11.3. The van der Waals surface area contributed by atoms with E-state index in [1.54, 1.807) is 23.1 Å². The van der Waals surface area contributed by atoms with Crippen LogP contribution in [0.5, 0.6) is 0 Å². The Bertz CT molecular complexity index is 995. The molecule has 2 amide bonds. The van der Waals surface area contributed by atoms with Gasteiger partial charge in [-0.1, -0.05) is 36.9 Å². The van der Waals surface area contributed by atoms with Crippen molar-refractivity contribution in [2.45, 2.75) is 63.6 Å². The summed E-state index contributed by atoms with van der Waals surface area (Å²) in [4.78, 5) is 27.5. The number of nitrogens with zero attached hydrogens (tertiary/aromatic N) is 1. The van der Waals surface area contributed by atoms with E-state index in [1.165, 1.54) is 18.2 Å². The highest BCUT2D eigenvalue weighted by Crippen LogP contribution is 2.30. The highest BCUT2D eigenvalue weighted by molar-refractivity contribution is 6.31. The fraction of sp³-hybridized carbons (Fsp3) is 0.440. The zero-order valence-electron chi connectivity index (χ0n) is 18.0. The molecule has 2 aromatic rings. The molecule has 2 fully saturated rings. The summed E-state index contributed by atoms with van der Waals surface area (Å²) in [6.45, 7) is 0.236. The number of rotatable bonds is 6. The minimum absolute atomic E-state index is 0.0199. The van der Waals surface area contributed by atoms with Crippen molar-refractivity contribution in [3.63, 3.8) is 0 Å². The summed E-state index contributed by atoms with van der Waals surface area (Å²) in [6, 6.07) is 10.7. The highest BCUT2D eigenvalue weighted by Gasteiger charge is 2.32. The van der Waals surface area contributed by atoms with Crippen LogP contribution in [0.15, 0.2) is 42.5 Å². The molecule has 0 saturated heterocycles. The molecule has 0 bridgehead atoms. The van der Waals surface area contributed by atoms with Crippen LogP contribution in [0.25, 0.3) is 0 Å². The quantitative estimate of drug-likeness (QED) is 0.631. The highest BCUT2D eigenvalue weighted by atomic mass is 35.5. The van der Waals surface area contributed by atoms with Gasteiger partial charge >= 0.3 is 0 Å². The van der Waals surface area contributed by atoms with Crippen LogP contribution < -0.4 is 11.1 Å². The third kappa shape index (κ3) is 5.13. The Morgan fingerprint density at radius 3 is 2.53 bits per heavy atom. The summed E-state index contributed by atoms with van der Waals surface area (Å²) in [5.74, 6) is -0.638. The molecule has 5 nitrogen and oxygen atoms in total. The van der Waals surface area contributed by atoms with Crippen molar-refractivity contribution in [3.05, 3.63) is 64.4 Å². The second kappa shape index (κ2) is 10.0. The number of carbonyl (C=O) groups is 2. The number of halogens is 2. The van der Waals surface area contributed by atoms with Gasteiger partial charge in [-0.25, -0.2) is 4.39 Å². The van der Waals surface area contributed by atoms with Gasteiger partial charge in [-0.2, -0.15) is 0 Å². The average molecular weight is 458 g/mol. The Morgan fingerprint density at radius 2 is 1.84 bits per heavy atom. The molecule has 3 N–H and O–H groups in total. The molecule has 2 unspecified atom stereocenters. The van der Waals surface area contributed by atoms with Crippen molar-refractivity contribution < 1.29 is 14.0 Å². The Balaban J connectivity index is 1.60. The number of carbonyl (C=O) groups excluding carboxylic acids is 2. The van der Waals surface area contributed by atoms with E-state index >= 15 is 0 Å². The van der Waals surface area contributed by atoms with Gasteiger partial charge < -0.3 is 16.0 Å². The van der Waals surface area contributed by atoms with Crippen LogP contribution in [0.2, 0.25) is 5.02 Å². The molecular formula is C25H29ClFN3O2. The van der Waals surface area contributed by atoms with Gasteiger partial charge in [-0.05, 0) is 67.6 Å². The maximum absolute atomic E-state index is 13.8. The lowest BCUT2D eigenvalue weighted by Crippen LogP contribution is -2.51. The summed E-state index contributed by atoms with van der Waals surface area (Å²) in [5, 5.41) is 3.47. The molecule has 4 rings (SSSR count). The molecular weight excluding hydrogens is 429 g/mol. The SMILES string of the molecule is NC1CCCCC1N(Cc1cc(NC(=O)C2CCC2)ccc1Cl)C(=O)c1cccc(F)c1. The van der Waals surface area contributed by atoms with E-state index in [9.17, 15) is 14.0 Å². The molecule has 0 radical (unpaired) electrons. The monoisotopic (exact) mass is 457 g/mol. The molecule has 2 saturated carbocycles. The minimum atomic E-state index is -0.456. The largest absolute Gasteiger partial charge is 0.330 e. The number of benzene rings is 2. The van der Waals surface area contributed by atoms with Gasteiger partial charge in [0.05, 0.1) is 0 Å². The summed E-state index contributed by atoms with van der Waals surface area (Å²) < 4.78 is 13.8. The number of hydrogen-bond donors (Lipinski definition) is 2. The number of hydrogen-bond acceptors (Lipinski definition) is 3. The molecule has 2 aliphatic rings. The first kappa shape index (κ1) is 22.7. The van der Waals surface area contributed by atoms with Gasteiger partial charge in [-0.15, -0.1) is 0 Å². The lowest BCUT2D eigenvalue weighted by molar-refractivity contribution is -0.122. The van der Waals surface area contributed by atoms with Crippen molar-refractivity contribution in [1.82, 2.24) is 4.90 Å². The molecule has 0 heterocycles. The average Bonchev–Trinajstić information content (AvgIpc) is 2.73. The lowest BCUT2D eigenvalue weighted by atomic mass is 9.85. The van der Waals surface area contributed by atoms with Gasteiger partial charge in [-0.3, -0.25) is 9.59 Å². The molecule has 0 spiro atoms. The molecule has 0 aromatic heterocycles. The summed E-state index contributed by atoms with van der Waals surface area (Å²) in [5.41, 5.74) is 8.08. The third-order valence-corrected chi connectivity index (χ3v) is 7.01. The Hall–Kier alpha value is -2.44. The lowest BCUT2D eigenvalue weighted by Gasteiger charge is -2.38. The van der Waals surface area contributed by atoms with Crippen LogP contribution >= 0.6 is 11.6 Å². The van der Waals surface area contributed by atoms with E-state index in [2.05, 4.69) is 5.32 Å². The maximum Gasteiger partial charge on any atom is 0.254 e. The summed E-state index contributed by atoms with van der Waals surface area (Å²) in [6.07, 6.45) is 6.56. The van der Waals surface area contributed by atoms with Crippen LogP contribution in [0.3, 0.4) is 0 Å². The van der Waals surface area contributed by atoms with Crippen LogP contribution in [0.1, 0.15) is 60.9 Å². The van der Waals surface area contributed by atoms with E-state index in [-0.39, 0.29) is 41.9 Å². The van der Waals surface area contributed by atoms with Gasteiger partial charge in [0.25, 0.3) is 5.91 Å². The van der Waals surface area contributed by atoms with Crippen LogP contribution in [0.4, 0.5) is 10.1 Å². The number of nitrogens with two attached hydrogens (primary N) is 1. The van der Waals surface area contributed by atoms with Crippen LogP contribution in [-0.4, -0.2) is 28.8 Å². The zero-order chi connectivity index (χ0) is 22.7. The smallest absolute Gasteiger partial charge is 0.254 e. The predicted molar refractivity (Wildman–Crippen MR) is 124 cm³/mol. The van der Waals surface area contributed by atoms with Crippen molar-refractivity contribution in [3.8, 4) is 0 Å². The topological polar surface area (TPSA) is 75.4 Å². The Kier molecular flexibility index (Phi) is 7.11. The van der Waals surface area contributed by atoms with Crippen molar-refractivity contribution in [2.75, 3.05) is 5.32 Å². The number of amides is 2. The zero-order valence-corrected chi connectivity index (χ0v) is 18.8. The molecule has 2 aliphatic carbocycles. The Morgan fingerprint density at radius 1 is 1.06 bits per heavy atom. The fourth-order valence-corrected chi connectivity index (χ4v) is 4.70. The standard InChI is InChI=1S/C25H29ClFN3O2/c26-21-12-11-20(29-24(31)16-5-3-6-16)14-18(21)15-30(23-10-2-1-9-22(23)28)25(32)17-7-4-8-19(27)13-17/h4,7-8,11-14,16,22-23H,1-3,5-6,9-10,15,28H2,(H,29,31). The van der Waals surface area contributed by atoms with E-state index in [0.717, 1.165) is 50.5 Å². The summed E-state index contributed by atoms with van der Waals surface area (Å²) in [7, 11) is 0. The van der Waals surface area contributed by atoms with Gasteiger partial charge in [0.15, 0.2) is 0 Å². The van der Waals surface area contributed by atoms with E-state index in [1.807, 2.05) is 6.07 Å². The first-order valence-corrected chi connectivity index (χ1v) is 11.7. The van der Waals surface area contributed by atoms with Crippen molar-refractivity contribution in [1.29, 1.82) is 0 Å². The van der Waals surface area contributed by atoms with Crippen LogP contribution in [-0.2, 0) is 11.3 Å². The van der Waals surface area contributed by atoms with Gasteiger partial charge in [0.2, 0.25) is 5.91 Å². The number of anilines is 1. The van der Waals surface area contributed by atoms with Crippen LogP contribution in [0, 0.1) is 11.7 Å². The normalized spacial score (nSPS) is 21.0. The van der Waals surface area contributed by atoms with E-state index in [4.69, 9.17) is 17.3 Å². The second-order valence-corrected chi connectivity index (χ2v) is 9.29. The fourth-order valence-electron chi connectivity index (χ4n) is 4.53. The van der Waals surface area contributed by atoms with Gasteiger partial charge in [0, 0.05) is 40.8 Å². The predicted octanol–water partition coefficient (Wildman–Crippen LogP) is 5.13. The molecule has 2 aromatic carbocycles. The van der Waals surface area contributed by atoms with Crippen molar-refractivity contribution >= 4 is 29.1 Å². The molecule has 0 aliphatic heterocycles. The second-order valence-electron chi connectivity index (χ2n) is 8.88. The first-order chi connectivity index (χ1) is 15.4. The number of nitrogens with one attached hydrogen (secondary N) is 1. The van der Waals surface area contributed by atoms with Crippen molar-refractivity contribution in [2.24, 2.45) is 11.7 Å². The third-order valence-electron chi connectivity index (χ3n) is 6.64.